The standard InChI is InChI=1S/C14H14BrCl2N3O/c1-7(2)20-6-9(18)5-12(20)14(21)19-13-10(16)3-8(15)4-11(13)17/h3-7H,18H2,1-2H3,(H,19,21). The molecule has 0 fully saturated rings. The topological polar surface area (TPSA) is 60.0 Å². The minimum Gasteiger partial charge on any atom is -0.397 e. The summed E-state index contributed by atoms with van der Waals surface area (Å²) in [6.45, 7) is 3.94. The van der Waals surface area contributed by atoms with Crippen molar-refractivity contribution in [1.82, 2.24) is 4.57 Å². The number of nitrogens with one attached hydrogen (secondary N) is 1. The van der Waals surface area contributed by atoms with Crippen molar-refractivity contribution in [2.24, 2.45) is 0 Å². The third-order valence-corrected chi connectivity index (χ3v) is 3.96. The summed E-state index contributed by atoms with van der Waals surface area (Å²) in [5, 5.41) is 3.45. The molecule has 1 aromatic heterocycles. The van der Waals surface area contributed by atoms with E-state index in [2.05, 4.69) is 21.2 Å². The Morgan fingerprint density at radius 2 is 1.86 bits per heavy atom. The summed E-state index contributed by atoms with van der Waals surface area (Å²) >= 11 is 15.5. The van der Waals surface area contributed by atoms with Crippen LogP contribution in [0, 0.1) is 0 Å². The highest BCUT2D eigenvalue weighted by molar-refractivity contribution is 9.10. The Balaban J connectivity index is 2.35. The monoisotopic (exact) mass is 389 g/mol. The second-order valence-electron chi connectivity index (χ2n) is 4.86. The number of benzene rings is 1. The molecule has 0 saturated heterocycles. The number of nitrogens with two attached hydrogens (primary N) is 1. The number of anilines is 2. The van der Waals surface area contributed by atoms with Crippen LogP contribution in [0.15, 0.2) is 28.9 Å². The Hall–Kier alpha value is -1.17. The van der Waals surface area contributed by atoms with E-state index in [1.54, 1.807) is 29.0 Å². The van der Waals surface area contributed by atoms with Crippen molar-refractivity contribution in [3.05, 3.63) is 44.6 Å². The molecule has 0 bridgehead atoms. The highest BCUT2D eigenvalue weighted by atomic mass is 79.9. The molecule has 4 nitrogen and oxygen atoms in total. The van der Waals surface area contributed by atoms with E-state index in [4.69, 9.17) is 28.9 Å². The van der Waals surface area contributed by atoms with Crippen LogP contribution in [0.25, 0.3) is 0 Å². The molecule has 1 heterocycles. The molecule has 0 saturated carbocycles. The maximum absolute atomic E-state index is 12.4. The van der Waals surface area contributed by atoms with Gasteiger partial charge in [0.2, 0.25) is 0 Å². The minimum atomic E-state index is -0.313. The quantitative estimate of drug-likeness (QED) is 0.776. The summed E-state index contributed by atoms with van der Waals surface area (Å²) in [7, 11) is 0. The van der Waals surface area contributed by atoms with E-state index >= 15 is 0 Å². The summed E-state index contributed by atoms with van der Waals surface area (Å²) in [6.07, 6.45) is 1.73. The summed E-state index contributed by atoms with van der Waals surface area (Å²) in [5.41, 5.74) is 7.13. The molecule has 0 aliphatic carbocycles. The van der Waals surface area contributed by atoms with Gasteiger partial charge in [-0.25, -0.2) is 0 Å². The fraction of sp³-hybridized carbons (Fsp3) is 0.214. The Morgan fingerprint density at radius 3 is 2.38 bits per heavy atom. The molecular weight excluding hydrogens is 377 g/mol. The van der Waals surface area contributed by atoms with Crippen LogP contribution in [0.5, 0.6) is 0 Å². The van der Waals surface area contributed by atoms with Crippen molar-refractivity contribution in [3.8, 4) is 0 Å². The second kappa shape index (κ2) is 6.30. The van der Waals surface area contributed by atoms with Crippen molar-refractivity contribution in [2.45, 2.75) is 19.9 Å². The number of carbonyl (C=O) groups is 1. The molecule has 3 N–H and O–H groups in total. The minimum absolute atomic E-state index is 0.110. The van der Waals surface area contributed by atoms with Gasteiger partial charge in [0.25, 0.3) is 5.91 Å². The predicted octanol–water partition coefficient (Wildman–Crippen LogP) is 4.97. The van der Waals surface area contributed by atoms with Crippen molar-refractivity contribution < 1.29 is 4.79 Å². The van der Waals surface area contributed by atoms with Crippen molar-refractivity contribution in [1.29, 1.82) is 0 Å². The molecule has 112 valence electrons. The molecule has 0 aliphatic rings. The predicted molar refractivity (Wildman–Crippen MR) is 91.3 cm³/mol. The van der Waals surface area contributed by atoms with Crippen LogP contribution >= 0.6 is 39.1 Å². The van der Waals surface area contributed by atoms with Crippen molar-refractivity contribution in [2.75, 3.05) is 11.1 Å². The Morgan fingerprint density at radius 1 is 1.29 bits per heavy atom. The van der Waals surface area contributed by atoms with Gasteiger partial charge in [-0.2, -0.15) is 0 Å². The number of hydrogen-bond donors (Lipinski definition) is 2. The number of halogens is 3. The molecule has 7 heteroatoms. The first kappa shape index (κ1) is 16.2. The van der Waals surface area contributed by atoms with E-state index < -0.39 is 0 Å². The van der Waals surface area contributed by atoms with Crippen LogP contribution in [-0.4, -0.2) is 10.5 Å². The van der Waals surface area contributed by atoms with Gasteiger partial charge >= 0.3 is 0 Å². The van der Waals surface area contributed by atoms with E-state index in [1.165, 1.54) is 0 Å². The number of aromatic nitrogens is 1. The molecule has 1 aromatic carbocycles. The fourth-order valence-corrected chi connectivity index (χ4v) is 3.25. The van der Waals surface area contributed by atoms with Crippen LogP contribution < -0.4 is 11.1 Å². The van der Waals surface area contributed by atoms with Gasteiger partial charge in [-0.3, -0.25) is 4.79 Å². The lowest BCUT2D eigenvalue weighted by Gasteiger charge is -2.14. The Kier molecular flexibility index (Phi) is 4.86. The van der Waals surface area contributed by atoms with Crippen molar-refractivity contribution >= 4 is 56.4 Å². The van der Waals surface area contributed by atoms with Crippen LogP contribution in [0.3, 0.4) is 0 Å². The maximum atomic E-state index is 12.4. The summed E-state index contributed by atoms with van der Waals surface area (Å²) in [5.74, 6) is -0.313. The molecule has 1 amide bonds. The average Bonchev–Trinajstić information content (AvgIpc) is 2.76. The number of amides is 1. The van der Waals surface area contributed by atoms with E-state index in [1.807, 2.05) is 13.8 Å². The largest absolute Gasteiger partial charge is 0.397 e. The fourth-order valence-electron chi connectivity index (χ4n) is 1.95. The maximum Gasteiger partial charge on any atom is 0.272 e. The number of nitrogens with zero attached hydrogens (tertiary/aromatic N) is 1. The number of rotatable bonds is 3. The molecule has 0 atom stereocenters. The van der Waals surface area contributed by atoms with Crippen molar-refractivity contribution in [3.63, 3.8) is 0 Å². The summed E-state index contributed by atoms with van der Waals surface area (Å²) in [6, 6.07) is 5.06. The molecule has 21 heavy (non-hydrogen) atoms. The first-order valence-corrected chi connectivity index (χ1v) is 7.77. The van der Waals surface area contributed by atoms with Gasteiger partial charge in [0.15, 0.2) is 0 Å². The highest BCUT2D eigenvalue weighted by Crippen LogP contribution is 2.34. The van der Waals surface area contributed by atoms with Gasteiger partial charge < -0.3 is 15.6 Å². The number of nitrogen functional groups attached to an aromatic ring is 1. The lowest BCUT2D eigenvalue weighted by atomic mass is 10.3. The zero-order valence-electron chi connectivity index (χ0n) is 11.5. The van der Waals surface area contributed by atoms with Crippen LogP contribution in [0.2, 0.25) is 10.0 Å². The van der Waals surface area contributed by atoms with Gasteiger partial charge in [-0.1, -0.05) is 39.1 Å². The smallest absolute Gasteiger partial charge is 0.272 e. The average molecular weight is 391 g/mol. The lowest BCUT2D eigenvalue weighted by molar-refractivity contribution is 0.101. The third kappa shape index (κ3) is 3.54. The van der Waals surface area contributed by atoms with Gasteiger partial charge in [0.1, 0.15) is 5.69 Å². The summed E-state index contributed by atoms with van der Waals surface area (Å²) < 4.78 is 2.54. The molecular formula is C14H14BrCl2N3O. The zero-order chi connectivity index (χ0) is 15.7. The molecule has 0 aliphatic heterocycles. The zero-order valence-corrected chi connectivity index (χ0v) is 14.6. The first-order valence-electron chi connectivity index (χ1n) is 6.23. The number of hydrogen-bond acceptors (Lipinski definition) is 2. The van der Waals surface area contributed by atoms with E-state index in [0.29, 0.717) is 27.1 Å². The molecule has 0 radical (unpaired) electrons. The lowest BCUT2D eigenvalue weighted by Crippen LogP contribution is -2.18. The molecule has 2 aromatic rings. The number of carbonyl (C=O) groups excluding carboxylic acids is 1. The van der Waals surface area contributed by atoms with Crippen LogP contribution in [0.1, 0.15) is 30.4 Å². The first-order chi connectivity index (χ1) is 9.79. The highest BCUT2D eigenvalue weighted by Gasteiger charge is 2.17. The van der Waals surface area contributed by atoms with Crippen LogP contribution in [0.4, 0.5) is 11.4 Å². The molecule has 2 rings (SSSR count). The molecule has 0 spiro atoms. The van der Waals surface area contributed by atoms with E-state index in [9.17, 15) is 4.79 Å². The SMILES string of the molecule is CC(C)n1cc(N)cc1C(=O)Nc1c(Cl)cc(Br)cc1Cl. The van der Waals surface area contributed by atoms with Gasteiger partial charge in [0.05, 0.1) is 21.4 Å². The van der Waals surface area contributed by atoms with Gasteiger partial charge in [0, 0.05) is 16.7 Å². The summed E-state index contributed by atoms with van der Waals surface area (Å²) in [4.78, 5) is 12.4. The van der Waals surface area contributed by atoms with E-state index in [0.717, 1.165) is 4.47 Å². The van der Waals surface area contributed by atoms with Crippen LogP contribution in [-0.2, 0) is 0 Å². The normalized spacial score (nSPS) is 11.0. The van der Waals surface area contributed by atoms with Gasteiger partial charge in [-0.05, 0) is 32.0 Å². The van der Waals surface area contributed by atoms with Gasteiger partial charge in [-0.15, -0.1) is 0 Å². The second-order valence-corrected chi connectivity index (χ2v) is 6.59. The Labute approximate surface area is 141 Å². The van der Waals surface area contributed by atoms with E-state index in [-0.39, 0.29) is 11.9 Å². The Bertz CT molecular complexity index is 675. The molecule has 0 unspecified atom stereocenters. The third-order valence-electron chi connectivity index (χ3n) is 2.90.